The molecule has 1 aliphatic heterocycles. The number of esters is 1. The highest BCUT2D eigenvalue weighted by Crippen LogP contribution is 2.43. The Kier molecular flexibility index (Phi) is 31.5. The Bertz CT molecular complexity index is 1030. The van der Waals surface area contributed by atoms with Gasteiger partial charge in [-0.2, -0.15) is 0 Å². The minimum absolute atomic E-state index is 0.0359. The van der Waals surface area contributed by atoms with Crippen LogP contribution in [0.25, 0.3) is 0 Å². The average molecular weight is 785 g/mol. The van der Waals surface area contributed by atoms with E-state index in [4.69, 9.17) is 23.3 Å². The molecule has 54 heavy (non-hydrogen) atoms. The molecule has 0 saturated carbocycles. The molecule has 1 aliphatic rings. The minimum Gasteiger partial charge on any atom is -0.498 e. The van der Waals surface area contributed by atoms with Crippen molar-refractivity contribution in [1.29, 1.82) is 0 Å². The Labute approximate surface area is 331 Å². The van der Waals surface area contributed by atoms with E-state index in [0.29, 0.717) is 29.7 Å². The highest BCUT2D eigenvalue weighted by Gasteiger charge is 2.36. The van der Waals surface area contributed by atoms with Gasteiger partial charge in [0.25, 0.3) is 0 Å². The second-order valence-corrected chi connectivity index (χ2v) is 17.6. The number of carbonyl (C=O) groups is 1. The molecule has 4 atom stereocenters. The van der Waals surface area contributed by atoms with E-state index in [2.05, 4.69) is 38.2 Å². The summed E-state index contributed by atoms with van der Waals surface area (Å²) in [6, 6.07) is 0. The van der Waals surface area contributed by atoms with Crippen molar-refractivity contribution in [2.75, 3.05) is 47.5 Å². The predicted molar refractivity (Wildman–Crippen MR) is 223 cm³/mol. The molecule has 0 aromatic carbocycles. The van der Waals surface area contributed by atoms with Crippen molar-refractivity contribution >= 4 is 13.8 Å². The van der Waals surface area contributed by atoms with Crippen molar-refractivity contribution in [2.45, 2.75) is 193 Å². The van der Waals surface area contributed by atoms with Gasteiger partial charge >= 0.3 is 13.8 Å². The summed E-state index contributed by atoms with van der Waals surface area (Å²) in [6.07, 6.45) is 41.5. The third kappa shape index (κ3) is 33.8. The van der Waals surface area contributed by atoms with E-state index < -0.39 is 13.9 Å². The van der Waals surface area contributed by atoms with Gasteiger partial charge in [0.1, 0.15) is 19.8 Å². The fourth-order valence-corrected chi connectivity index (χ4v) is 6.85. The first-order valence-electron chi connectivity index (χ1n) is 21.9. The van der Waals surface area contributed by atoms with Crippen molar-refractivity contribution in [3.63, 3.8) is 0 Å². The van der Waals surface area contributed by atoms with Gasteiger partial charge in [-0.05, 0) is 76.7 Å². The summed E-state index contributed by atoms with van der Waals surface area (Å²) in [5, 5.41) is 0. The van der Waals surface area contributed by atoms with E-state index >= 15 is 0 Å². The third-order valence-corrected chi connectivity index (χ3v) is 10.6. The van der Waals surface area contributed by atoms with E-state index in [1.54, 1.807) is 6.26 Å². The van der Waals surface area contributed by atoms with Crippen LogP contribution in [0.1, 0.15) is 174 Å². The van der Waals surface area contributed by atoms with Crippen LogP contribution < -0.4 is 0 Å². The molecule has 1 fully saturated rings. The maximum Gasteiger partial charge on any atom is 0.472 e. The van der Waals surface area contributed by atoms with Crippen molar-refractivity contribution < 1.29 is 42.0 Å². The van der Waals surface area contributed by atoms with Crippen LogP contribution in [0.15, 0.2) is 36.6 Å². The number of likely N-dealkylation sites (N-methyl/N-ethyl adjacent to an activating group) is 1. The van der Waals surface area contributed by atoms with Crippen LogP contribution in [0, 0.1) is 0 Å². The Hall–Kier alpha value is -1.48. The second-order valence-electron chi connectivity index (χ2n) is 16.2. The molecule has 0 radical (unpaired) electrons. The number of nitrogens with zero attached hydrogens (tertiary/aromatic N) is 1. The van der Waals surface area contributed by atoms with Crippen LogP contribution in [0.5, 0.6) is 0 Å². The van der Waals surface area contributed by atoms with E-state index in [-0.39, 0.29) is 25.8 Å². The zero-order valence-electron chi connectivity index (χ0n) is 35.4. The molecule has 0 aromatic rings. The molecule has 10 heteroatoms. The summed E-state index contributed by atoms with van der Waals surface area (Å²) in [5.41, 5.74) is 0. The molecule has 0 amide bonds. The van der Waals surface area contributed by atoms with Crippen LogP contribution in [-0.2, 0) is 32.6 Å². The van der Waals surface area contributed by atoms with Crippen LogP contribution >= 0.6 is 7.82 Å². The lowest BCUT2D eigenvalue weighted by Crippen LogP contribution is -2.37. The zero-order chi connectivity index (χ0) is 39.6. The molecule has 0 spiro atoms. The molecular formula is C44H83NO8P+. The summed E-state index contributed by atoms with van der Waals surface area (Å²) in [5.74, 6) is -0.355. The van der Waals surface area contributed by atoms with E-state index in [1.807, 2.05) is 27.2 Å². The van der Waals surface area contributed by atoms with Gasteiger partial charge in [-0.1, -0.05) is 122 Å². The first-order chi connectivity index (χ1) is 26.1. The summed E-state index contributed by atoms with van der Waals surface area (Å²) >= 11 is 0. The number of rotatable bonds is 39. The van der Waals surface area contributed by atoms with Crippen LogP contribution in [0.3, 0.4) is 0 Å². The minimum atomic E-state index is -4.30. The van der Waals surface area contributed by atoms with Crippen LogP contribution in [0.2, 0.25) is 0 Å². The van der Waals surface area contributed by atoms with Crippen molar-refractivity contribution in [2.24, 2.45) is 0 Å². The van der Waals surface area contributed by atoms with Crippen molar-refractivity contribution in [1.82, 2.24) is 0 Å². The number of ether oxygens (including phenoxy) is 3. The van der Waals surface area contributed by atoms with Crippen LogP contribution in [-0.4, -0.2) is 81.2 Å². The average Bonchev–Trinajstić information content (AvgIpc) is 3.87. The molecule has 9 nitrogen and oxygen atoms in total. The Balaban J connectivity index is 2.25. The maximum absolute atomic E-state index is 12.7. The SMILES string of the molecule is CCCCCC/C=C\CCCCCCCC/C=C/OC[C@H](COP(=O)(O)OCC[N+](C)(C)C)OC(=O)CCCCCCC/C=C\CC1OC1CCCCC. The molecule has 1 saturated heterocycles. The van der Waals surface area contributed by atoms with Crippen molar-refractivity contribution in [3.05, 3.63) is 36.6 Å². The lowest BCUT2D eigenvalue weighted by atomic mass is 10.1. The van der Waals surface area contributed by atoms with Crippen molar-refractivity contribution in [3.8, 4) is 0 Å². The first-order valence-corrected chi connectivity index (χ1v) is 23.4. The quantitative estimate of drug-likeness (QED) is 0.0125. The van der Waals surface area contributed by atoms with Gasteiger partial charge in [-0.15, -0.1) is 0 Å². The fourth-order valence-electron chi connectivity index (χ4n) is 6.11. The van der Waals surface area contributed by atoms with Gasteiger partial charge < -0.3 is 23.6 Å². The molecule has 1 rings (SSSR count). The van der Waals surface area contributed by atoms with Gasteiger partial charge in [-0.25, -0.2) is 4.57 Å². The lowest BCUT2D eigenvalue weighted by molar-refractivity contribution is -0.870. The first kappa shape index (κ1) is 50.5. The number of allylic oxidation sites excluding steroid dienone is 4. The summed E-state index contributed by atoms with van der Waals surface area (Å²) in [4.78, 5) is 22.9. The predicted octanol–water partition coefficient (Wildman–Crippen LogP) is 11.9. The Morgan fingerprint density at radius 1 is 0.685 bits per heavy atom. The van der Waals surface area contributed by atoms with Crippen LogP contribution in [0.4, 0.5) is 0 Å². The van der Waals surface area contributed by atoms with E-state index in [1.165, 1.54) is 96.3 Å². The molecule has 3 unspecified atom stereocenters. The highest BCUT2D eigenvalue weighted by atomic mass is 31.2. The number of carbonyl (C=O) groups excluding carboxylic acids is 1. The molecule has 1 heterocycles. The van der Waals surface area contributed by atoms with Gasteiger partial charge in [-0.3, -0.25) is 13.8 Å². The van der Waals surface area contributed by atoms with E-state index in [9.17, 15) is 14.3 Å². The number of quaternary nitrogens is 1. The third-order valence-electron chi connectivity index (χ3n) is 9.66. The standard InChI is InChI=1S/C44H82NO8P/c1-6-8-10-11-12-13-14-15-16-17-18-19-22-25-28-32-37-49-39-41(40-51-54(47,48)50-38-36-45(3,4)5)52-44(46)35-31-27-24-21-20-23-26-30-34-43-42(53-43)33-29-9-7-2/h13-14,26,30,32,37,41-43H,6-12,15-25,27-29,31,33-36,38-40H2,1-5H3/p+1/b14-13-,30-26-,37-32+/t41-,42?,43?/m1/s1. The molecular weight excluding hydrogens is 701 g/mol. The molecule has 0 aromatic heterocycles. The zero-order valence-corrected chi connectivity index (χ0v) is 36.3. The lowest BCUT2D eigenvalue weighted by Gasteiger charge is -2.24. The number of phosphoric acid groups is 1. The van der Waals surface area contributed by atoms with Gasteiger partial charge in [0.05, 0.1) is 46.2 Å². The second kappa shape index (κ2) is 33.6. The Morgan fingerprint density at radius 3 is 1.83 bits per heavy atom. The number of hydrogen-bond acceptors (Lipinski definition) is 7. The fraction of sp³-hybridized carbons (Fsp3) is 0.841. The largest absolute Gasteiger partial charge is 0.498 e. The summed E-state index contributed by atoms with van der Waals surface area (Å²) < 4.78 is 40.5. The number of phosphoric ester groups is 1. The number of epoxide rings is 1. The summed E-state index contributed by atoms with van der Waals surface area (Å²) in [7, 11) is 1.61. The molecule has 1 N–H and O–H groups in total. The molecule has 0 aliphatic carbocycles. The number of unbranched alkanes of at least 4 members (excludes halogenated alkanes) is 18. The van der Waals surface area contributed by atoms with Gasteiger partial charge in [0.15, 0.2) is 6.10 Å². The topological polar surface area (TPSA) is 104 Å². The molecule has 316 valence electrons. The smallest absolute Gasteiger partial charge is 0.472 e. The normalized spacial score (nSPS) is 17.8. The maximum atomic E-state index is 12.7. The van der Waals surface area contributed by atoms with Gasteiger partial charge in [0, 0.05) is 6.42 Å². The summed E-state index contributed by atoms with van der Waals surface area (Å²) in [6.45, 7) is 4.86. The monoisotopic (exact) mass is 785 g/mol. The molecule has 0 bridgehead atoms. The number of hydrogen-bond donors (Lipinski definition) is 1. The Morgan fingerprint density at radius 2 is 1.22 bits per heavy atom. The van der Waals surface area contributed by atoms with Gasteiger partial charge in [0.2, 0.25) is 0 Å². The highest BCUT2D eigenvalue weighted by molar-refractivity contribution is 7.47. The van der Waals surface area contributed by atoms with E-state index in [0.717, 1.165) is 57.8 Å².